The molecule has 4 aliphatic rings. The number of likely N-dealkylation sites (tertiary alicyclic amines) is 1. The molecule has 7 rings (SSSR count). The third-order valence-corrected chi connectivity index (χ3v) is 9.10. The van der Waals surface area contributed by atoms with E-state index < -0.39 is 12.2 Å². The number of aliphatic hydroxyl groups excluding tert-OH is 2. The van der Waals surface area contributed by atoms with E-state index >= 15 is 0 Å². The molecule has 1 amide bonds. The number of fused-ring (bicyclic) bond motifs is 4. The molecular formula is C29H36N8O3. The fourth-order valence-electron chi connectivity index (χ4n) is 7.02. The molecule has 3 saturated heterocycles. The Morgan fingerprint density at radius 3 is 2.60 bits per heavy atom. The van der Waals surface area contributed by atoms with Gasteiger partial charge in [0.25, 0.3) is 0 Å². The van der Waals surface area contributed by atoms with Crippen molar-refractivity contribution in [3.8, 4) is 0 Å². The van der Waals surface area contributed by atoms with Crippen LogP contribution in [0.1, 0.15) is 62.1 Å². The summed E-state index contributed by atoms with van der Waals surface area (Å²) in [5.41, 5.74) is 3.42. The number of rotatable bonds is 5. The molecule has 2 bridgehead atoms. The first kappa shape index (κ1) is 25.6. The second kappa shape index (κ2) is 9.90. The van der Waals surface area contributed by atoms with E-state index in [9.17, 15) is 15.0 Å². The van der Waals surface area contributed by atoms with Crippen LogP contribution in [0.3, 0.4) is 0 Å². The van der Waals surface area contributed by atoms with Gasteiger partial charge >= 0.3 is 0 Å². The predicted molar refractivity (Wildman–Crippen MR) is 150 cm³/mol. The number of carbonyl (C=O) groups excluding carboxylic acids is 1. The highest BCUT2D eigenvalue weighted by molar-refractivity contribution is 5.90. The summed E-state index contributed by atoms with van der Waals surface area (Å²) in [6.07, 6.45) is 6.52. The molecule has 4 aliphatic heterocycles. The maximum absolute atomic E-state index is 13.1. The zero-order valence-corrected chi connectivity index (χ0v) is 23.0. The number of anilines is 3. The lowest BCUT2D eigenvalue weighted by Crippen LogP contribution is -2.46. The zero-order valence-electron chi connectivity index (χ0n) is 23.0. The zero-order chi connectivity index (χ0) is 27.5. The first-order chi connectivity index (χ1) is 19.3. The molecule has 0 aliphatic carbocycles. The summed E-state index contributed by atoms with van der Waals surface area (Å²) in [6.45, 7) is 3.40. The van der Waals surface area contributed by atoms with Gasteiger partial charge in [0.15, 0.2) is 5.82 Å². The number of aromatic nitrogens is 4. The van der Waals surface area contributed by atoms with Crippen LogP contribution in [0.2, 0.25) is 0 Å². The molecule has 11 heteroatoms. The highest BCUT2D eigenvalue weighted by Crippen LogP contribution is 2.42. The van der Waals surface area contributed by atoms with Gasteiger partial charge < -0.3 is 25.3 Å². The lowest BCUT2D eigenvalue weighted by Gasteiger charge is -2.32. The number of hydrogen-bond acceptors (Lipinski definition) is 10. The van der Waals surface area contributed by atoms with Crippen LogP contribution in [0.25, 0.3) is 10.9 Å². The molecule has 0 radical (unpaired) electrons. The smallest absolute Gasteiger partial charge is 0.240 e. The maximum atomic E-state index is 13.1. The first-order valence-electron chi connectivity index (χ1n) is 14.4. The summed E-state index contributed by atoms with van der Waals surface area (Å²) in [5, 5.41) is 24.4. The van der Waals surface area contributed by atoms with Crippen molar-refractivity contribution < 1.29 is 15.0 Å². The molecule has 40 heavy (non-hydrogen) atoms. The summed E-state index contributed by atoms with van der Waals surface area (Å²) in [7, 11) is 1.89. The summed E-state index contributed by atoms with van der Waals surface area (Å²) >= 11 is 0. The Morgan fingerprint density at radius 1 is 1.12 bits per heavy atom. The van der Waals surface area contributed by atoms with Crippen molar-refractivity contribution in [2.75, 3.05) is 30.4 Å². The molecule has 11 nitrogen and oxygen atoms in total. The molecule has 7 heterocycles. The Hall–Kier alpha value is -3.41. The van der Waals surface area contributed by atoms with Crippen molar-refractivity contribution in [3.05, 3.63) is 41.3 Å². The average Bonchev–Trinajstić information content (AvgIpc) is 3.65. The van der Waals surface area contributed by atoms with Crippen LogP contribution in [-0.2, 0) is 17.8 Å². The number of pyridine rings is 2. The van der Waals surface area contributed by atoms with Crippen molar-refractivity contribution in [3.63, 3.8) is 0 Å². The molecule has 3 aromatic rings. The molecule has 210 valence electrons. The van der Waals surface area contributed by atoms with Crippen LogP contribution in [0.15, 0.2) is 24.4 Å². The highest BCUT2D eigenvalue weighted by atomic mass is 16.3. The van der Waals surface area contributed by atoms with Gasteiger partial charge in [0.2, 0.25) is 11.9 Å². The Kier molecular flexibility index (Phi) is 6.32. The van der Waals surface area contributed by atoms with Gasteiger partial charge in [-0.3, -0.25) is 9.69 Å². The van der Waals surface area contributed by atoms with Gasteiger partial charge in [-0.05, 0) is 63.8 Å². The first-order valence-corrected chi connectivity index (χ1v) is 14.4. The largest absolute Gasteiger partial charge is 0.392 e. The van der Waals surface area contributed by atoms with E-state index in [4.69, 9.17) is 15.0 Å². The van der Waals surface area contributed by atoms with E-state index in [1.54, 1.807) is 13.1 Å². The van der Waals surface area contributed by atoms with Crippen molar-refractivity contribution >= 4 is 34.4 Å². The highest BCUT2D eigenvalue weighted by Gasteiger charge is 2.41. The molecule has 1 unspecified atom stereocenters. The van der Waals surface area contributed by atoms with Crippen molar-refractivity contribution in [1.82, 2.24) is 29.7 Å². The monoisotopic (exact) mass is 544 g/mol. The summed E-state index contributed by atoms with van der Waals surface area (Å²) in [5.74, 6) is 2.03. The minimum atomic E-state index is -0.669. The number of likely N-dealkylation sites (N-methyl/N-ethyl adjacent to an activating group) is 1. The Balaban J connectivity index is 1.13. The molecular weight excluding hydrogens is 508 g/mol. The van der Waals surface area contributed by atoms with Crippen molar-refractivity contribution in [1.29, 1.82) is 0 Å². The topological polar surface area (TPSA) is 131 Å². The quantitative estimate of drug-likeness (QED) is 0.440. The molecule has 0 spiro atoms. The number of nitrogens with one attached hydrogen (secondary N) is 1. The van der Waals surface area contributed by atoms with E-state index in [1.165, 1.54) is 25.7 Å². The molecule has 3 N–H and O–H groups in total. The lowest BCUT2D eigenvalue weighted by atomic mass is 10.0. The van der Waals surface area contributed by atoms with Crippen molar-refractivity contribution in [2.24, 2.45) is 0 Å². The van der Waals surface area contributed by atoms with Gasteiger partial charge in [-0.15, -0.1) is 0 Å². The van der Waals surface area contributed by atoms with Crippen molar-refractivity contribution in [2.45, 2.75) is 82.3 Å². The summed E-state index contributed by atoms with van der Waals surface area (Å²) in [4.78, 5) is 38.5. The number of nitrogens with zero attached hydrogens (tertiary/aromatic N) is 7. The standard InChI is InChI=1S/C29H36N8O3/c1-16(38)23-11-18-13-30-29(34-26(18)27(32-23)37-19-4-5-20(37)7-6-19)33-25-8-3-17-14-36(10-9-22(17)31-25)28(40)24-12-21(39)15-35(24)2/h3,8,11,13,16,19-21,24,38-39H,4-7,9-10,12,14-15H2,1-2H3,(H,30,31,33,34)/t16?,19?,20?,21-,24-/m0/s1. The summed E-state index contributed by atoms with van der Waals surface area (Å²) < 4.78 is 0. The van der Waals surface area contributed by atoms with Gasteiger partial charge in [0.05, 0.1) is 23.9 Å². The third-order valence-electron chi connectivity index (χ3n) is 9.10. The number of β-amino-alcohol motifs (C(OH)–C–C–N with tert-alkyl or cyclic N) is 1. The fraction of sp³-hybridized carbons (Fsp3) is 0.552. The Bertz CT molecular complexity index is 1440. The summed E-state index contributed by atoms with van der Waals surface area (Å²) in [6, 6.07) is 6.49. The fourth-order valence-corrected chi connectivity index (χ4v) is 7.02. The predicted octanol–water partition coefficient (Wildman–Crippen LogP) is 2.30. The Morgan fingerprint density at radius 2 is 1.90 bits per heavy atom. The minimum absolute atomic E-state index is 0.0751. The normalized spacial score (nSPS) is 26.9. The SMILES string of the molecule is CC(O)c1cc2cnc(Nc3ccc4c(n3)CCN(C(=O)[C@@H]3C[C@H](O)CN3C)C4)nc2c(N2C3CCC2CC3)n1. The molecule has 3 aromatic heterocycles. The number of hydrogen-bond donors (Lipinski definition) is 3. The molecule has 0 saturated carbocycles. The molecule has 3 atom stereocenters. The molecule has 0 aromatic carbocycles. The number of carbonyl (C=O) groups is 1. The number of aliphatic hydroxyl groups is 2. The average molecular weight is 545 g/mol. The lowest BCUT2D eigenvalue weighted by molar-refractivity contribution is -0.136. The van der Waals surface area contributed by atoms with E-state index in [2.05, 4.69) is 15.2 Å². The second-order valence-electron chi connectivity index (χ2n) is 11.8. The second-order valence-corrected chi connectivity index (χ2v) is 11.8. The van der Waals surface area contributed by atoms with Gasteiger partial charge in [0, 0.05) is 55.4 Å². The van der Waals surface area contributed by atoms with Crippen LogP contribution >= 0.6 is 0 Å². The van der Waals surface area contributed by atoms with Crippen LogP contribution in [-0.4, -0.2) is 90.2 Å². The van der Waals surface area contributed by atoms with E-state index in [-0.39, 0.29) is 11.9 Å². The van der Waals surface area contributed by atoms with Gasteiger partial charge in [-0.1, -0.05) is 6.07 Å². The van der Waals surface area contributed by atoms with E-state index in [0.717, 1.165) is 28.0 Å². The van der Waals surface area contributed by atoms with Gasteiger partial charge in [0.1, 0.15) is 11.3 Å². The Labute approximate surface area is 233 Å². The van der Waals surface area contributed by atoms with E-state index in [0.29, 0.717) is 62.0 Å². The van der Waals surface area contributed by atoms with Crippen LogP contribution in [0, 0.1) is 0 Å². The van der Waals surface area contributed by atoms with E-state index in [1.807, 2.05) is 35.0 Å². The maximum Gasteiger partial charge on any atom is 0.240 e. The van der Waals surface area contributed by atoms with Gasteiger partial charge in [-0.2, -0.15) is 0 Å². The third kappa shape index (κ3) is 4.46. The number of amides is 1. The van der Waals surface area contributed by atoms with Crippen LogP contribution in [0.4, 0.5) is 17.6 Å². The van der Waals surface area contributed by atoms with Gasteiger partial charge in [-0.25, -0.2) is 19.9 Å². The van der Waals surface area contributed by atoms with Crippen LogP contribution in [0.5, 0.6) is 0 Å². The minimum Gasteiger partial charge on any atom is -0.392 e. The van der Waals surface area contributed by atoms with Crippen LogP contribution < -0.4 is 10.2 Å². The molecule has 3 fully saturated rings.